The number of rotatable bonds is 24. The highest BCUT2D eigenvalue weighted by Crippen LogP contribution is 2.38. The molecular formula is C23H45NO8P-. The van der Waals surface area contributed by atoms with Gasteiger partial charge in [-0.05, 0) is 13.5 Å². The number of carbonyl (C=O) groups is 2. The zero-order chi connectivity index (χ0) is 24.8. The number of hydrogen-bond acceptors (Lipinski definition) is 8. The highest BCUT2D eigenvalue weighted by Gasteiger charge is 2.19. The predicted octanol–water partition coefficient (Wildman–Crippen LogP) is 4.58. The number of phosphoric ester groups is 1. The SMILES string of the molecule is CCCCCCCCCCCCCCCC(=O)OCCCOP(=O)([O-])OCC(NC)C(=O)O. The summed E-state index contributed by atoms with van der Waals surface area (Å²) in [5, 5.41) is 11.2. The van der Waals surface area contributed by atoms with Gasteiger partial charge in [-0.2, -0.15) is 0 Å². The van der Waals surface area contributed by atoms with Crippen LogP contribution in [0.2, 0.25) is 0 Å². The summed E-state index contributed by atoms with van der Waals surface area (Å²) in [6.45, 7) is 1.53. The van der Waals surface area contributed by atoms with Crippen molar-refractivity contribution in [1.29, 1.82) is 0 Å². The first-order chi connectivity index (χ1) is 15.8. The molecule has 0 aromatic carbocycles. The van der Waals surface area contributed by atoms with Crippen molar-refractivity contribution in [3.63, 3.8) is 0 Å². The van der Waals surface area contributed by atoms with Gasteiger partial charge in [-0.25, -0.2) is 0 Å². The van der Waals surface area contributed by atoms with Crippen molar-refractivity contribution >= 4 is 19.8 Å². The van der Waals surface area contributed by atoms with Gasteiger partial charge in [0.05, 0.1) is 19.8 Å². The second-order valence-electron chi connectivity index (χ2n) is 8.32. The Labute approximate surface area is 199 Å². The van der Waals surface area contributed by atoms with Crippen LogP contribution in [0.3, 0.4) is 0 Å². The molecule has 196 valence electrons. The highest BCUT2D eigenvalue weighted by atomic mass is 31.2. The monoisotopic (exact) mass is 494 g/mol. The maximum atomic E-state index is 11.7. The maximum absolute atomic E-state index is 11.7. The molecule has 0 saturated carbocycles. The molecule has 0 saturated heterocycles. The summed E-state index contributed by atoms with van der Waals surface area (Å²) >= 11 is 0. The fraction of sp³-hybridized carbons (Fsp3) is 0.913. The van der Waals surface area contributed by atoms with Gasteiger partial charge in [-0.1, -0.05) is 84.0 Å². The molecule has 0 fully saturated rings. The molecule has 0 rings (SSSR count). The van der Waals surface area contributed by atoms with Crippen molar-refractivity contribution in [1.82, 2.24) is 5.32 Å². The number of hydrogen-bond donors (Lipinski definition) is 2. The van der Waals surface area contributed by atoms with E-state index < -0.39 is 26.4 Å². The van der Waals surface area contributed by atoms with Crippen molar-refractivity contribution in [3.05, 3.63) is 0 Å². The minimum Gasteiger partial charge on any atom is -0.756 e. The number of nitrogens with one attached hydrogen (secondary N) is 1. The third kappa shape index (κ3) is 21.3. The first-order valence-corrected chi connectivity index (χ1v) is 13.9. The summed E-state index contributed by atoms with van der Waals surface area (Å²) in [5.74, 6) is -1.52. The molecule has 0 heterocycles. The van der Waals surface area contributed by atoms with E-state index in [-0.39, 0.29) is 25.6 Å². The highest BCUT2D eigenvalue weighted by molar-refractivity contribution is 7.45. The van der Waals surface area contributed by atoms with Crippen LogP contribution in [0.4, 0.5) is 0 Å². The van der Waals surface area contributed by atoms with Crippen LogP contribution in [0.25, 0.3) is 0 Å². The van der Waals surface area contributed by atoms with E-state index in [9.17, 15) is 19.0 Å². The van der Waals surface area contributed by atoms with Crippen molar-refractivity contribution in [3.8, 4) is 0 Å². The standard InChI is InChI=1S/C23H46NO8P/c1-3-4-5-6-7-8-9-10-11-12-13-14-15-17-22(25)30-18-16-19-31-33(28,29)32-20-21(24-2)23(26)27/h21,24H,3-20H2,1-2H3,(H,26,27)(H,28,29)/p-1. The van der Waals surface area contributed by atoms with E-state index in [2.05, 4.69) is 21.3 Å². The Morgan fingerprint density at radius 3 is 1.85 bits per heavy atom. The Hall–Kier alpha value is -0.990. The summed E-state index contributed by atoms with van der Waals surface area (Å²) < 4.78 is 25.8. The predicted molar refractivity (Wildman–Crippen MR) is 126 cm³/mol. The van der Waals surface area contributed by atoms with Crippen LogP contribution in [0.15, 0.2) is 0 Å². The first-order valence-electron chi connectivity index (χ1n) is 12.5. The van der Waals surface area contributed by atoms with E-state index in [1.807, 2.05) is 0 Å². The molecule has 0 spiro atoms. The fourth-order valence-electron chi connectivity index (χ4n) is 3.26. The number of carbonyl (C=O) groups excluding carboxylic acids is 1. The number of unbranched alkanes of at least 4 members (excludes halogenated alkanes) is 12. The van der Waals surface area contributed by atoms with Gasteiger partial charge < -0.3 is 29.1 Å². The average Bonchev–Trinajstić information content (AvgIpc) is 2.76. The van der Waals surface area contributed by atoms with Crippen LogP contribution in [0, 0.1) is 0 Å². The van der Waals surface area contributed by atoms with Gasteiger partial charge in [0, 0.05) is 12.8 Å². The van der Waals surface area contributed by atoms with Crippen LogP contribution in [0.1, 0.15) is 103 Å². The molecule has 10 heteroatoms. The second kappa shape index (κ2) is 21.5. The Morgan fingerprint density at radius 2 is 1.36 bits per heavy atom. The molecule has 0 aliphatic carbocycles. The Kier molecular flexibility index (Phi) is 20.9. The average molecular weight is 495 g/mol. The lowest BCUT2D eigenvalue weighted by Crippen LogP contribution is -2.38. The van der Waals surface area contributed by atoms with Crippen molar-refractivity contribution in [2.24, 2.45) is 0 Å². The smallest absolute Gasteiger partial charge is 0.323 e. The Bertz CT molecular complexity index is 547. The van der Waals surface area contributed by atoms with Gasteiger partial charge in [0.25, 0.3) is 7.82 Å². The minimum absolute atomic E-state index is 0.0611. The van der Waals surface area contributed by atoms with E-state index in [0.29, 0.717) is 6.42 Å². The van der Waals surface area contributed by atoms with Gasteiger partial charge >= 0.3 is 11.9 Å². The lowest BCUT2D eigenvalue weighted by Gasteiger charge is -2.24. The molecular weight excluding hydrogens is 449 g/mol. The molecule has 0 amide bonds. The second-order valence-corrected chi connectivity index (χ2v) is 9.73. The number of esters is 1. The van der Waals surface area contributed by atoms with E-state index in [4.69, 9.17) is 9.84 Å². The van der Waals surface area contributed by atoms with Gasteiger partial charge in [-0.3, -0.25) is 14.2 Å². The topological polar surface area (TPSA) is 134 Å². The summed E-state index contributed by atoms with van der Waals surface area (Å²) in [6.07, 6.45) is 16.7. The first kappa shape index (κ1) is 32.0. The lowest BCUT2D eigenvalue weighted by atomic mass is 10.0. The summed E-state index contributed by atoms with van der Waals surface area (Å²) in [5.41, 5.74) is 0. The molecule has 2 N–H and O–H groups in total. The third-order valence-corrected chi connectivity index (χ3v) is 6.30. The fourth-order valence-corrected chi connectivity index (χ4v) is 4.02. The lowest BCUT2D eigenvalue weighted by molar-refractivity contribution is -0.226. The zero-order valence-corrected chi connectivity index (χ0v) is 21.5. The molecule has 33 heavy (non-hydrogen) atoms. The Morgan fingerprint density at radius 1 is 0.848 bits per heavy atom. The van der Waals surface area contributed by atoms with E-state index in [1.165, 1.54) is 71.3 Å². The molecule has 0 aliphatic heterocycles. The van der Waals surface area contributed by atoms with Gasteiger partial charge in [0.2, 0.25) is 0 Å². The zero-order valence-electron chi connectivity index (χ0n) is 20.6. The van der Waals surface area contributed by atoms with Crippen LogP contribution < -0.4 is 10.2 Å². The van der Waals surface area contributed by atoms with Gasteiger partial charge in [-0.15, -0.1) is 0 Å². The van der Waals surface area contributed by atoms with Crippen LogP contribution >= 0.6 is 7.82 Å². The van der Waals surface area contributed by atoms with Crippen molar-refractivity contribution in [2.45, 2.75) is 109 Å². The van der Waals surface area contributed by atoms with Gasteiger partial charge in [0.1, 0.15) is 6.04 Å². The summed E-state index contributed by atoms with van der Waals surface area (Å²) in [7, 11) is -3.22. The molecule has 2 atom stereocenters. The van der Waals surface area contributed by atoms with Crippen molar-refractivity contribution in [2.75, 3.05) is 26.9 Å². The van der Waals surface area contributed by atoms with E-state index in [0.717, 1.165) is 19.3 Å². The third-order valence-electron chi connectivity index (χ3n) is 5.33. The van der Waals surface area contributed by atoms with E-state index in [1.54, 1.807) is 0 Å². The number of carboxylic acid groups (broad SMARTS) is 1. The van der Waals surface area contributed by atoms with Crippen molar-refractivity contribution < 1.29 is 37.9 Å². The largest absolute Gasteiger partial charge is 0.756 e. The van der Waals surface area contributed by atoms with Crippen LogP contribution in [-0.2, 0) is 27.9 Å². The molecule has 9 nitrogen and oxygen atoms in total. The van der Waals surface area contributed by atoms with Gasteiger partial charge in [0.15, 0.2) is 0 Å². The number of ether oxygens (including phenoxy) is 1. The van der Waals surface area contributed by atoms with E-state index >= 15 is 0 Å². The Balaban J connectivity index is 3.50. The molecule has 0 aliphatic rings. The molecule has 0 aromatic rings. The molecule has 0 radical (unpaired) electrons. The number of aliphatic carboxylic acids is 1. The molecule has 0 bridgehead atoms. The number of likely N-dealkylation sites (N-methyl/N-ethyl adjacent to an activating group) is 1. The minimum atomic E-state index is -4.60. The molecule has 0 aromatic heterocycles. The normalized spacial score (nSPS) is 14.0. The van der Waals surface area contributed by atoms with Crippen LogP contribution in [0.5, 0.6) is 0 Å². The number of carboxylic acids is 1. The summed E-state index contributed by atoms with van der Waals surface area (Å²) in [4.78, 5) is 34.1. The van der Waals surface area contributed by atoms with Crippen LogP contribution in [-0.4, -0.2) is 50.0 Å². The summed E-state index contributed by atoms with van der Waals surface area (Å²) in [6, 6.07) is -1.15. The quantitative estimate of drug-likeness (QED) is 0.112. The number of phosphoric acid groups is 1. The maximum Gasteiger partial charge on any atom is 0.323 e. The molecule has 2 unspecified atom stereocenters.